The highest BCUT2D eigenvalue weighted by molar-refractivity contribution is 6.02. The lowest BCUT2D eigenvalue weighted by Gasteiger charge is -2.32. The number of hydrogen-bond donors (Lipinski definition) is 27. The number of carbonyl (C=O) groups excluding carboxylic acids is 17. The molecule has 17 amide bonds. The van der Waals surface area contributed by atoms with E-state index in [9.17, 15) is 107 Å². The summed E-state index contributed by atoms with van der Waals surface area (Å²) in [6.45, 7) is 11.2. The van der Waals surface area contributed by atoms with Gasteiger partial charge in [-0.25, -0.2) is 4.79 Å². The molecule has 3 fully saturated rings. The molecule has 3 aliphatic rings. The summed E-state index contributed by atoms with van der Waals surface area (Å²) in [7, 11) is 0. The molecule has 0 saturated carbocycles. The third-order valence-electron chi connectivity index (χ3n) is 25.3. The largest absolute Gasteiger partial charge is 0.508 e. The minimum Gasteiger partial charge on any atom is -0.508 e. The number of para-hydroxylation sites is 2. The predicted octanol–water partition coefficient (Wildman–Crippen LogP) is -4.23. The highest BCUT2D eigenvalue weighted by Crippen LogP contribution is 2.27. The molecule has 788 valence electrons. The van der Waals surface area contributed by atoms with Crippen molar-refractivity contribution in [2.75, 3.05) is 65.6 Å². The van der Waals surface area contributed by atoms with E-state index < -0.39 is 248 Å². The summed E-state index contributed by atoms with van der Waals surface area (Å²) in [5.41, 5.74) is 20.1. The Morgan fingerprint density at radius 3 is 1.38 bits per heavy atom. The topological polar surface area (TPSA) is 748 Å². The minimum atomic E-state index is -1.79. The first-order valence-electron chi connectivity index (χ1n) is 48.7. The summed E-state index contributed by atoms with van der Waals surface area (Å²) in [5, 5.41) is 98.5. The third-order valence-corrected chi connectivity index (χ3v) is 25.3. The lowest BCUT2D eigenvalue weighted by molar-refractivity contribution is -0.144. The molecule has 2 aromatic heterocycles. The van der Waals surface area contributed by atoms with Crippen LogP contribution in [0.4, 0.5) is 0 Å². The third kappa shape index (κ3) is 34.1. The second-order valence-corrected chi connectivity index (χ2v) is 37.7. The fourth-order valence-electron chi connectivity index (χ4n) is 17.4. The van der Waals surface area contributed by atoms with E-state index in [1.54, 1.807) is 115 Å². The minimum absolute atomic E-state index is 0.00404. The van der Waals surface area contributed by atoms with Crippen LogP contribution in [0, 0.1) is 34.5 Å². The van der Waals surface area contributed by atoms with Crippen LogP contribution in [0.15, 0.2) is 85.2 Å². The predicted molar refractivity (Wildman–Crippen MR) is 527 cm³/mol. The number of phenolic OH excluding ortho intramolecular Hbond substituents is 1. The summed E-state index contributed by atoms with van der Waals surface area (Å²) >= 11 is 0. The van der Waals surface area contributed by atoms with Gasteiger partial charge in [-0.15, -0.1) is 0 Å². The van der Waals surface area contributed by atoms with E-state index >= 15 is 0 Å². The molecular formula is C96H142N26O22. The Morgan fingerprint density at radius 2 is 0.854 bits per heavy atom. The van der Waals surface area contributed by atoms with Crippen LogP contribution in [0.2, 0.25) is 0 Å². The van der Waals surface area contributed by atoms with E-state index in [0.29, 0.717) is 57.8 Å². The number of carboxylic acids is 1. The van der Waals surface area contributed by atoms with Crippen molar-refractivity contribution in [2.24, 2.45) is 40.9 Å². The van der Waals surface area contributed by atoms with Crippen LogP contribution in [-0.4, -0.2) is 320 Å². The molecule has 48 nitrogen and oxygen atoms in total. The molecule has 0 spiro atoms. The molecule has 3 saturated heterocycles. The van der Waals surface area contributed by atoms with Crippen LogP contribution >= 0.6 is 0 Å². The number of hydrogen-bond acceptors (Lipinski definition) is 24. The number of carbonyl (C=O) groups is 18. The van der Waals surface area contributed by atoms with E-state index in [-0.39, 0.29) is 140 Å². The second kappa shape index (κ2) is 55.7. The van der Waals surface area contributed by atoms with Crippen molar-refractivity contribution in [3.05, 3.63) is 102 Å². The molecule has 16 atom stereocenters. The van der Waals surface area contributed by atoms with Crippen molar-refractivity contribution >= 4 is 140 Å². The van der Waals surface area contributed by atoms with E-state index in [2.05, 4.69) is 95.0 Å². The number of nitrogens with one attached hydrogen (secondary N) is 20. The zero-order chi connectivity index (χ0) is 106. The van der Waals surface area contributed by atoms with Gasteiger partial charge in [0.1, 0.15) is 90.3 Å². The molecule has 3 aliphatic heterocycles. The smallest absolute Gasteiger partial charge is 0.326 e. The maximum atomic E-state index is 15.0. The van der Waals surface area contributed by atoms with E-state index in [1.165, 1.54) is 33.8 Å². The first-order chi connectivity index (χ1) is 68.4. The van der Waals surface area contributed by atoms with Gasteiger partial charge in [0.15, 0.2) is 11.9 Å². The molecule has 48 heteroatoms. The van der Waals surface area contributed by atoms with Crippen LogP contribution in [0.25, 0.3) is 21.8 Å². The van der Waals surface area contributed by atoms with Crippen molar-refractivity contribution in [1.82, 2.24) is 110 Å². The van der Waals surface area contributed by atoms with Gasteiger partial charge >= 0.3 is 5.97 Å². The monoisotopic (exact) mass is 2010 g/mol. The van der Waals surface area contributed by atoms with Crippen LogP contribution in [0.5, 0.6) is 5.75 Å². The van der Waals surface area contributed by atoms with Crippen molar-refractivity contribution in [2.45, 2.75) is 256 Å². The number of guanidine groups is 2. The van der Waals surface area contributed by atoms with Crippen LogP contribution in [0.3, 0.4) is 0 Å². The van der Waals surface area contributed by atoms with Crippen LogP contribution < -0.4 is 102 Å². The average molecular weight is 2010 g/mol. The van der Waals surface area contributed by atoms with E-state index in [1.807, 2.05) is 13.8 Å². The maximum absolute atomic E-state index is 15.0. The standard InChI is InChI=1S/C96H142N26O22/c1-10-53(8)79(90(139)107-46-76(127)118-78(52(6)7)91(140)117-71(49-124)86(135)113-67(41-56-43-104-62-22-13-11-20-59(56)62)81(130)106-45-75(126)110-66(38-50(2)3)84(133)112-65(94(143)144)25-16-34-103-96(100)101)119-89(138)72-26-17-35-120(72)77(128)47-108-82(131)70(48-123)116-85(134)68(42-57-44-105-63-23-14-12-21-60(57)63)114-83(132)64(24-15-33-102-95(98)99)111-87(136)74-28-19-37-122(74)93(142)69(39-51(4)5)115-88(137)73-27-18-36-121(73)92(141)54(9)109-80(129)61(97)40-55-29-31-58(125)32-30-55/h11-14,20-23,29-32,43-44,50-54,61,64-74,78-79,104-105,123-125H,10,15-19,24-28,33-42,45-49,97H2,1-9H3,(H,106,130)(H,107,139)(H,108,131)(H,109,129)(H,110,126)(H,111,136)(H,112,133)(H,113,135)(H,114,132)(H,115,137)(H,116,134)(H,117,140)(H,118,127)(H,119,138)(H,143,144)(H4,98,99,102)(H4,100,101,103). The number of benzene rings is 3. The molecule has 5 heterocycles. The maximum Gasteiger partial charge on any atom is 0.326 e. The molecule has 3 aromatic carbocycles. The summed E-state index contributed by atoms with van der Waals surface area (Å²) in [6, 6.07) is -0.0740. The molecule has 0 aliphatic carbocycles. The van der Waals surface area contributed by atoms with Crippen molar-refractivity contribution < 1.29 is 107 Å². The highest BCUT2D eigenvalue weighted by atomic mass is 16.4. The number of phenols is 1. The first-order valence-corrected chi connectivity index (χ1v) is 48.7. The van der Waals surface area contributed by atoms with Crippen molar-refractivity contribution in [3.63, 3.8) is 0 Å². The number of aromatic amines is 2. The average Bonchev–Trinajstić information content (AvgIpc) is 1.66. The quantitative estimate of drug-likeness (QED) is 0.00996. The normalized spacial score (nSPS) is 17.2. The fourth-order valence-corrected chi connectivity index (χ4v) is 17.4. The number of fused-ring (bicyclic) bond motifs is 2. The molecule has 144 heavy (non-hydrogen) atoms. The number of nitrogens with two attached hydrogens (primary N) is 3. The Labute approximate surface area is 833 Å². The number of aromatic hydroxyl groups is 1. The Morgan fingerprint density at radius 1 is 0.431 bits per heavy atom. The van der Waals surface area contributed by atoms with Gasteiger partial charge in [-0.2, -0.15) is 0 Å². The zero-order valence-corrected chi connectivity index (χ0v) is 82.6. The van der Waals surface area contributed by atoms with Crippen molar-refractivity contribution in [3.8, 4) is 5.75 Å². The Kier molecular flexibility index (Phi) is 44.4. The van der Waals surface area contributed by atoms with Crippen LogP contribution in [-0.2, 0) is 106 Å². The summed E-state index contributed by atoms with van der Waals surface area (Å²) in [6.07, 6.45) is 4.92. The number of aromatic nitrogens is 2. The molecule has 5 aromatic rings. The number of aliphatic hydroxyl groups is 2. The number of aliphatic hydroxyl groups excluding tert-OH is 2. The number of H-pyrrole nitrogens is 2. The van der Waals surface area contributed by atoms with E-state index in [4.69, 9.17) is 28.0 Å². The Balaban J connectivity index is 0.864. The number of likely N-dealkylation sites (tertiary alicyclic amines) is 3. The van der Waals surface area contributed by atoms with Gasteiger partial charge in [0.05, 0.1) is 38.9 Å². The van der Waals surface area contributed by atoms with Gasteiger partial charge in [0.2, 0.25) is 100 Å². The number of carboxylic acid groups (broad SMARTS) is 1. The number of rotatable bonds is 55. The molecule has 16 unspecified atom stereocenters. The van der Waals surface area contributed by atoms with Gasteiger partial charge in [-0.1, -0.05) is 110 Å². The summed E-state index contributed by atoms with van der Waals surface area (Å²) < 4.78 is 0. The van der Waals surface area contributed by atoms with Gasteiger partial charge < -0.3 is 147 Å². The van der Waals surface area contributed by atoms with Crippen LogP contribution in [0.1, 0.15) is 162 Å². The lowest BCUT2D eigenvalue weighted by atomic mass is 9.97. The Bertz CT molecular complexity index is 5360. The van der Waals surface area contributed by atoms with Gasteiger partial charge in [-0.3, -0.25) is 92.3 Å². The molecule has 30 N–H and O–H groups in total. The number of aliphatic carboxylic acids is 1. The number of nitrogens with zero attached hydrogens (tertiary/aromatic N) is 3. The SMILES string of the molecule is CCC(C)C(NC(=O)C1CCCN1C(=O)CNC(=O)C(CO)NC(=O)C(Cc1c[nH]c2ccccc12)NC(=O)C(CCCNC(=N)N)NC(=O)C1CCCN1C(=O)C(CC(C)C)NC(=O)C1CCCN1C(=O)C(C)NC(=O)C(N)Cc1ccc(O)cc1)C(=O)NCC(=O)NC(C(=O)NC(CO)C(=O)NC(Cc1c[nH]c2ccccc12)C(=O)NCC(=O)NC(CC(C)C)C(=O)NC(CCCNC(=N)N)C(=O)O)C(C)C. The number of amides is 17. The van der Waals surface area contributed by atoms with E-state index in [0.717, 1.165) is 0 Å². The highest BCUT2D eigenvalue weighted by Gasteiger charge is 2.45. The first kappa shape index (κ1) is 115. The zero-order valence-electron chi connectivity index (χ0n) is 82.6. The molecule has 0 radical (unpaired) electrons. The van der Waals surface area contributed by atoms with Gasteiger partial charge in [-0.05, 0) is 155 Å². The molecule has 0 bridgehead atoms. The lowest BCUT2D eigenvalue weighted by Crippen LogP contribution is -2.60. The summed E-state index contributed by atoms with van der Waals surface area (Å²) in [4.78, 5) is 263. The van der Waals surface area contributed by atoms with Crippen molar-refractivity contribution in [1.29, 1.82) is 10.8 Å². The second-order valence-electron chi connectivity index (χ2n) is 37.7. The molecule has 8 rings (SSSR count). The molecular weight excluding hydrogens is 1870 g/mol. The van der Waals surface area contributed by atoms with Gasteiger partial charge in [0, 0.05) is 79.8 Å². The van der Waals surface area contributed by atoms with Gasteiger partial charge in [0.25, 0.3) is 0 Å². The Hall–Kier alpha value is -14.6. The summed E-state index contributed by atoms with van der Waals surface area (Å²) in [5.74, 6) is -17.9. The fraction of sp³-hybridized carbons (Fsp3) is 0.562.